The van der Waals surface area contributed by atoms with Crippen LogP contribution in [-0.2, 0) is 30.2 Å². The van der Waals surface area contributed by atoms with Gasteiger partial charge in [0.25, 0.3) is 0 Å². The number of benzene rings is 1. The van der Waals surface area contributed by atoms with E-state index in [1.807, 2.05) is 51.1 Å². The van der Waals surface area contributed by atoms with Crippen LogP contribution in [0.3, 0.4) is 0 Å². The summed E-state index contributed by atoms with van der Waals surface area (Å²) in [6.07, 6.45) is 0.122. The molecule has 198 valence electrons. The van der Waals surface area contributed by atoms with Crippen molar-refractivity contribution in [3.8, 4) is 0 Å². The van der Waals surface area contributed by atoms with Gasteiger partial charge in [0, 0.05) is 17.5 Å². The average Bonchev–Trinajstić information content (AvgIpc) is 2.71. The molecular formula is C26H42N2O6S. The van der Waals surface area contributed by atoms with Gasteiger partial charge in [-0.05, 0) is 67.4 Å². The number of ether oxygens (including phenoxy) is 3. The summed E-state index contributed by atoms with van der Waals surface area (Å²) < 4.78 is 16.0. The van der Waals surface area contributed by atoms with Crippen molar-refractivity contribution in [1.29, 1.82) is 0 Å². The van der Waals surface area contributed by atoms with Gasteiger partial charge in [-0.1, -0.05) is 30.3 Å². The molecule has 0 saturated heterocycles. The lowest BCUT2D eigenvalue weighted by Crippen LogP contribution is -2.49. The fraction of sp³-hybridized carbons (Fsp3) is 0.654. The van der Waals surface area contributed by atoms with Crippen molar-refractivity contribution in [2.75, 3.05) is 18.1 Å². The lowest BCUT2D eigenvalue weighted by atomic mass is 10.1. The highest BCUT2D eigenvalue weighted by atomic mass is 32.2. The van der Waals surface area contributed by atoms with Crippen molar-refractivity contribution in [2.24, 2.45) is 0 Å². The molecule has 9 heteroatoms. The first kappa shape index (κ1) is 30.8. The molecule has 1 aromatic carbocycles. The predicted molar refractivity (Wildman–Crippen MR) is 139 cm³/mol. The second kappa shape index (κ2) is 14.3. The Kier molecular flexibility index (Phi) is 12.6. The van der Waals surface area contributed by atoms with Crippen LogP contribution < -0.4 is 10.6 Å². The summed E-state index contributed by atoms with van der Waals surface area (Å²) in [4.78, 5) is 37.3. The van der Waals surface area contributed by atoms with Crippen LogP contribution in [0.4, 0.5) is 4.79 Å². The van der Waals surface area contributed by atoms with Gasteiger partial charge in [-0.3, -0.25) is 14.9 Å². The second-order valence-corrected chi connectivity index (χ2v) is 11.4. The Bertz CT molecular complexity index is 804. The van der Waals surface area contributed by atoms with Gasteiger partial charge in [-0.15, -0.1) is 0 Å². The van der Waals surface area contributed by atoms with Gasteiger partial charge in [-0.25, -0.2) is 4.79 Å². The van der Waals surface area contributed by atoms with Gasteiger partial charge in [-0.2, -0.15) is 11.8 Å². The van der Waals surface area contributed by atoms with Gasteiger partial charge in [0.2, 0.25) is 0 Å². The molecule has 0 fully saturated rings. The van der Waals surface area contributed by atoms with E-state index in [1.54, 1.807) is 34.6 Å². The molecule has 0 aliphatic rings. The largest absolute Gasteiger partial charge is 0.465 e. The molecule has 8 nitrogen and oxygen atoms in total. The van der Waals surface area contributed by atoms with Gasteiger partial charge in [0.05, 0.1) is 6.61 Å². The van der Waals surface area contributed by atoms with E-state index in [0.717, 1.165) is 5.56 Å². The minimum Gasteiger partial charge on any atom is -0.465 e. The maximum Gasteiger partial charge on any atom is 0.407 e. The number of hydrogen-bond donors (Lipinski definition) is 2. The van der Waals surface area contributed by atoms with E-state index in [9.17, 15) is 14.4 Å². The summed E-state index contributed by atoms with van der Waals surface area (Å²) in [5.41, 5.74) is -0.155. The van der Waals surface area contributed by atoms with Crippen molar-refractivity contribution in [2.45, 2.75) is 91.1 Å². The van der Waals surface area contributed by atoms with E-state index >= 15 is 0 Å². The molecule has 1 rings (SSSR count). The first-order valence-corrected chi connectivity index (χ1v) is 13.1. The molecular weight excluding hydrogens is 468 g/mol. The first-order chi connectivity index (χ1) is 16.2. The van der Waals surface area contributed by atoms with Crippen molar-refractivity contribution in [3.05, 3.63) is 35.9 Å². The number of nitrogens with one attached hydrogen (secondary N) is 2. The quantitative estimate of drug-likeness (QED) is 0.320. The fourth-order valence-corrected chi connectivity index (χ4v) is 4.13. The SMILES string of the molecule is CCOC(=O)[C@H](CSC[C@@H](Cc1ccccc1)NC(=O)OC(C)(C)C)N[C@@H](C)C(=O)OC(C)(C)C. The van der Waals surface area contributed by atoms with Crippen LogP contribution in [0.25, 0.3) is 0 Å². The number of amides is 1. The molecule has 0 bridgehead atoms. The second-order valence-electron chi connectivity index (χ2n) is 10.3. The molecule has 0 aromatic heterocycles. The van der Waals surface area contributed by atoms with E-state index in [2.05, 4.69) is 10.6 Å². The van der Waals surface area contributed by atoms with Gasteiger partial charge >= 0.3 is 18.0 Å². The normalized spacial score (nSPS) is 14.4. The highest BCUT2D eigenvalue weighted by Crippen LogP contribution is 2.14. The Morgan fingerprint density at radius 1 is 0.914 bits per heavy atom. The van der Waals surface area contributed by atoms with Crippen molar-refractivity contribution < 1.29 is 28.6 Å². The summed E-state index contributed by atoms with van der Waals surface area (Å²) in [7, 11) is 0. The fourth-order valence-electron chi connectivity index (χ4n) is 3.04. The highest BCUT2D eigenvalue weighted by molar-refractivity contribution is 7.99. The molecule has 1 amide bonds. The van der Waals surface area contributed by atoms with Crippen molar-refractivity contribution in [3.63, 3.8) is 0 Å². The zero-order valence-corrected chi connectivity index (χ0v) is 23.1. The van der Waals surface area contributed by atoms with Crippen LogP contribution in [-0.4, -0.2) is 65.5 Å². The van der Waals surface area contributed by atoms with Crippen LogP contribution in [0.15, 0.2) is 30.3 Å². The molecule has 3 atom stereocenters. The summed E-state index contributed by atoms with van der Waals surface area (Å²) in [6, 6.07) is 8.22. The molecule has 0 spiro atoms. The lowest BCUT2D eigenvalue weighted by molar-refractivity contribution is -0.157. The third kappa shape index (κ3) is 14.0. The molecule has 0 aliphatic carbocycles. The smallest absolute Gasteiger partial charge is 0.407 e. The van der Waals surface area contributed by atoms with Crippen molar-refractivity contribution in [1.82, 2.24) is 10.6 Å². The standard InChI is InChI=1S/C26H42N2O6S/c1-9-32-23(30)21(27-18(2)22(29)33-25(3,4)5)17-35-16-20(15-19-13-11-10-12-14-19)28-24(31)34-26(6,7)8/h10-14,18,20-21,27H,9,15-17H2,1-8H3,(H,28,31)/t18-,20+,21-/m0/s1. The van der Waals surface area contributed by atoms with E-state index < -0.39 is 41.3 Å². The number of carbonyl (C=O) groups excluding carboxylic acids is 3. The number of thioether (sulfide) groups is 1. The van der Waals surface area contributed by atoms with E-state index in [-0.39, 0.29) is 12.6 Å². The predicted octanol–water partition coefficient (Wildman–Crippen LogP) is 4.11. The molecule has 0 saturated carbocycles. The molecule has 0 radical (unpaired) electrons. The zero-order valence-electron chi connectivity index (χ0n) is 22.3. The molecule has 0 aliphatic heterocycles. The Morgan fingerprint density at radius 3 is 2.06 bits per heavy atom. The third-order valence-corrected chi connectivity index (χ3v) is 5.64. The maximum absolute atomic E-state index is 12.5. The third-order valence-electron chi connectivity index (χ3n) is 4.43. The minimum absolute atomic E-state index is 0.219. The summed E-state index contributed by atoms with van der Waals surface area (Å²) >= 11 is 1.48. The minimum atomic E-state index is -0.707. The monoisotopic (exact) mass is 510 g/mol. The summed E-state index contributed by atoms with van der Waals surface area (Å²) in [6.45, 7) is 14.5. The molecule has 35 heavy (non-hydrogen) atoms. The van der Waals surface area contributed by atoms with E-state index in [0.29, 0.717) is 17.9 Å². The van der Waals surface area contributed by atoms with E-state index in [4.69, 9.17) is 14.2 Å². The number of esters is 2. The average molecular weight is 511 g/mol. The number of hydrogen-bond acceptors (Lipinski definition) is 8. The van der Waals surface area contributed by atoms with E-state index in [1.165, 1.54) is 11.8 Å². The van der Waals surface area contributed by atoms with Crippen LogP contribution in [0.5, 0.6) is 0 Å². The Morgan fingerprint density at radius 2 is 1.51 bits per heavy atom. The van der Waals surface area contributed by atoms with Gasteiger partial charge in [0.15, 0.2) is 0 Å². The number of carbonyl (C=O) groups is 3. The summed E-state index contributed by atoms with van der Waals surface area (Å²) in [5.74, 6) is 0.0141. The van der Waals surface area contributed by atoms with Gasteiger partial charge < -0.3 is 19.5 Å². The summed E-state index contributed by atoms with van der Waals surface area (Å²) in [5, 5.41) is 5.98. The highest BCUT2D eigenvalue weighted by Gasteiger charge is 2.28. The molecule has 2 N–H and O–H groups in total. The Labute approximate surface area is 214 Å². The molecule has 0 heterocycles. The number of alkyl carbamates (subject to hydrolysis) is 1. The van der Waals surface area contributed by atoms with Gasteiger partial charge in [0.1, 0.15) is 23.3 Å². The Hall–Kier alpha value is -2.26. The van der Waals surface area contributed by atoms with Crippen molar-refractivity contribution >= 4 is 29.8 Å². The zero-order chi connectivity index (χ0) is 26.6. The molecule has 0 unspecified atom stereocenters. The van der Waals surface area contributed by atoms with Crippen LogP contribution >= 0.6 is 11.8 Å². The topological polar surface area (TPSA) is 103 Å². The van der Waals surface area contributed by atoms with Crippen LogP contribution in [0.2, 0.25) is 0 Å². The lowest BCUT2D eigenvalue weighted by Gasteiger charge is -2.26. The number of rotatable bonds is 12. The van der Waals surface area contributed by atoms with Crippen LogP contribution in [0.1, 0.15) is 61.0 Å². The first-order valence-electron chi connectivity index (χ1n) is 12.0. The van der Waals surface area contributed by atoms with Crippen LogP contribution in [0, 0.1) is 0 Å². The maximum atomic E-state index is 12.5. The Balaban J connectivity index is 2.83. The molecule has 1 aromatic rings.